The first-order valence-electron chi connectivity index (χ1n) is 8.39. The molecule has 0 bridgehead atoms. The van der Waals surface area contributed by atoms with Gasteiger partial charge < -0.3 is 20.1 Å². The Morgan fingerprint density at radius 1 is 1.00 bits per heavy atom. The Morgan fingerprint density at radius 3 is 2.16 bits per heavy atom. The lowest BCUT2D eigenvalue weighted by Crippen LogP contribution is -2.34. The van der Waals surface area contributed by atoms with Crippen LogP contribution in [0.25, 0.3) is 0 Å². The fraction of sp³-hybridized carbons (Fsp3) is 0.667. The summed E-state index contributed by atoms with van der Waals surface area (Å²) >= 11 is 0.853. The first kappa shape index (κ1) is 27.6. The van der Waals surface area contributed by atoms with Crippen LogP contribution >= 0.6 is 35.2 Å². The summed E-state index contributed by atoms with van der Waals surface area (Å²) in [4.78, 5) is 36.7. The Labute approximate surface area is 184 Å². The summed E-state index contributed by atoms with van der Waals surface area (Å²) in [5.74, 6) is 0. The van der Waals surface area contributed by atoms with Gasteiger partial charge in [-0.05, 0) is 0 Å². The molecule has 32 heavy (non-hydrogen) atoms. The number of aromatic amines is 2. The molecule has 0 spiro atoms. The van der Waals surface area contributed by atoms with Crippen molar-refractivity contribution >= 4 is 35.2 Å². The minimum Gasteiger partial charge on any atom is -0.389 e. The van der Waals surface area contributed by atoms with Gasteiger partial charge in [0.15, 0.2) is 0 Å². The molecule has 1 aliphatic heterocycles. The van der Waals surface area contributed by atoms with Crippen LogP contribution in [0.5, 0.6) is 0 Å². The molecule has 2 rings (SSSR count). The maximum absolute atomic E-state index is 12.7. The number of thioether (sulfide) groups is 1. The Hall–Kier alpha value is -0.640. The van der Waals surface area contributed by atoms with E-state index in [0.717, 1.165) is 39.3 Å². The standard InChI is InChI=1S/C12H21N2O14P3S/c1-23-29(19,20)27-31(22,25-3)28-30(21,24-2)26-5-7-8(15)9(16)10(32-7)6-4-13-12(18)14-11(6)17/h4,7-10,15-16H,5H2,1-3H3,(H,19,20)(H2,13,14,17,18)/t7-,8-,9-,10+,30?,31?/m1/s1. The van der Waals surface area contributed by atoms with Crippen LogP contribution in [0.2, 0.25) is 0 Å². The third-order valence-corrected chi connectivity index (χ3v) is 10.6. The summed E-state index contributed by atoms with van der Waals surface area (Å²) in [7, 11) is -12.3. The van der Waals surface area contributed by atoms with Gasteiger partial charge in [0.25, 0.3) is 5.56 Å². The molecule has 0 aliphatic carbocycles. The molecule has 5 N–H and O–H groups in total. The Bertz CT molecular complexity index is 1060. The molecule has 0 saturated carbocycles. The molecule has 0 amide bonds. The van der Waals surface area contributed by atoms with Gasteiger partial charge in [-0.1, -0.05) is 0 Å². The van der Waals surface area contributed by atoms with Gasteiger partial charge >= 0.3 is 29.2 Å². The summed E-state index contributed by atoms with van der Waals surface area (Å²) in [5, 5.41) is 18.6. The van der Waals surface area contributed by atoms with Gasteiger partial charge in [-0.3, -0.25) is 27.9 Å². The predicted molar refractivity (Wildman–Crippen MR) is 108 cm³/mol. The largest absolute Gasteiger partial charge is 0.492 e. The average Bonchev–Trinajstić information content (AvgIpc) is 3.00. The average molecular weight is 542 g/mol. The molecule has 0 radical (unpaired) electrons. The fourth-order valence-electron chi connectivity index (χ4n) is 2.41. The Balaban J connectivity index is 2.13. The third kappa shape index (κ3) is 6.70. The van der Waals surface area contributed by atoms with Crippen molar-refractivity contribution in [2.24, 2.45) is 0 Å². The summed E-state index contributed by atoms with van der Waals surface area (Å²) in [6.07, 6.45) is -1.88. The van der Waals surface area contributed by atoms with E-state index in [9.17, 15) is 38.4 Å². The van der Waals surface area contributed by atoms with Gasteiger partial charge in [0.2, 0.25) is 0 Å². The van der Waals surface area contributed by atoms with E-state index in [-0.39, 0.29) is 5.56 Å². The zero-order chi connectivity index (χ0) is 24.3. The maximum Gasteiger partial charge on any atom is 0.492 e. The van der Waals surface area contributed by atoms with Crippen molar-refractivity contribution in [2.75, 3.05) is 27.9 Å². The molecule has 184 valence electrons. The molecule has 2 heterocycles. The van der Waals surface area contributed by atoms with E-state index in [1.807, 2.05) is 4.98 Å². The minimum atomic E-state index is -4.99. The second-order valence-corrected chi connectivity index (χ2v) is 12.7. The lowest BCUT2D eigenvalue weighted by Gasteiger charge is -2.23. The van der Waals surface area contributed by atoms with Gasteiger partial charge in [0, 0.05) is 33.1 Å². The summed E-state index contributed by atoms with van der Waals surface area (Å²) in [5.41, 5.74) is -1.58. The molecule has 20 heteroatoms. The highest BCUT2D eigenvalue weighted by Crippen LogP contribution is 2.71. The number of rotatable bonds is 11. The minimum absolute atomic E-state index is 0.0367. The fourth-order valence-corrected chi connectivity index (χ4v) is 8.09. The van der Waals surface area contributed by atoms with E-state index >= 15 is 0 Å². The first-order valence-corrected chi connectivity index (χ1v) is 13.8. The highest BCUT2D eigenvalue weighted by atomic mass is 32.2. The van der Waals surface area contributed by atoms with Gasteiger partial charge in [0.1, 0.15) is 0 Å². The molecule has 3 unspecified atom stereocenters. The predicted octanol–water partition coefficient (Wildman–Crippen LogP) is 0.247. The van der Waals surface area contributed by atoms with Crippen molar-refractivity contribution in [1.82, 2.24) is 9.97 Å². The van der Waals surface area contributed by atoms with Crippen LogP contribution < -0.4 is 11.2 Å². The van der Waals surface area contributed by atoms with E-state index in [0.29, 0.717) is 0 Å². The molecule has 16 nitrogen and oxygen atoms in total. The number of phosphoric ester groups is 2. The normalized spacial score (nSPS) is 29.2. The number of H-pyrrole nitrogens is 2. The van der Waals surface area contributed by atoms with Crippen LogP contribution in [0.15, 0.2) is 15.8 Å². The monoisotopic (exact) mass is 542 g/mol. The van der Waals surface area contributed by atoms with Gasteiger partial charge in [-0.2, -0.15) is 8.62 Å². The van der Waals surface area contributed by atoms with E-state index in [2.05, 4.69) is 27.2 Å². The second-order valence-electron chi connectivity index (χ2n) is 5.97. The molecule has 7 atom stereocenters. The lowest BCUT2D eigenvalue weighted by atomic mass is 10.0. The Morgan fingerprint density at radius 2 is 1.62 bits per heavy atom. The Kier molecular flexibility index (Phi) is 9.27. The van der Waals surface area contributed by atoms with E-state index in [1.165, 1.54) is 0 Å². The molecule has 0 aromatic carbocycles. The topological polar surface area (TPSA) is 233 Å². The quantitative estimate of drug-likeness (QED) is 0.236. The highest BCUT2D eigenvalue weighted by molar-refractivity contribution is 8.00. The molecule has 1 aliphatic rings. The van der Waals surface area contributed by atoms with Gasteiger partial charge in [-0.15, -0.1) is 11.8 Å². The van der Waals surface area contributed by atoms with Gasteiger partial charge in [-0.25, -0.2) is 18.5 Å². The van der Waals surface area contributed by atoms with E-state index in [1.54, 1.807) is 0 Å². The van der Waals surface area contributed by atoms with Crippen molar-refractivity contribution in [3.05, 3.63) is 32.6 Å². The first-order chi connectivity index (χ1) is 14.8. The van der Waals surface area contributed by atoms with Crippen LogP contribution in [0, 0.1) is 0 Å². The molecular formula is C12H21N2O14P3S. The van der Waals surface area contributed by atoms with Crippen molar-refractivity contribution in [1.29, 1.82) is 0 Å². The number of aliphatic hydroxyl groups is 2. The van der Waals surface area contributed by atoms with Crippen LogP contribution in [-0.2, 0) is 40.4 Å². The number of aliphatic hydroxyl groups excluding tert-OH is 2. The second kappa shape index (κ2) is 10.7. The molecule has 1 aromatic heterocycles. The molecule has 1 aromatic rings. The number of nitrogens with one attached hydrogen (secondary N) is 2. The highest BCUT2D eigenvalue weighted by Gasteiger charge is 2.48. The molecular weight excluding hydrogens is 521 g/mol. The number of aromatic nitrogens is 2. The molecule has 1 saturated heterocycles. The summed E-state index contributed by atoms with van der Waals surface area (Å²) in [6, 6.07) is 0. The number of hydrogen-bond donors (Lipinski definition) is 5. The smallest absolute Gasteiger partial charge is 0.389 e. The van der Waals surface area contributed by atoms with Crippen molar-refractivity contribution < 1.29 is 55.5 Å². The van der Waals surface area contributed by atoms with Crippen molar-refractivity contribution in [3.8, 4) is 0 Å². The zero-order valence-electron chi connectivity index (χ0n) is 16.7. The van der Waals surface area contributed by atoms with Crippen LogP contribution in [0.3, 0.4) is 0 Å². The van der Waals surface area contributed by atoms with Crippen LogP contribution in [-0.4, -0.2) is 70.5 Å². The van der Waals surface area contributed by atoms with E-state index in [4.69, 9.17) is 4.52 Å². The number of phosphoric acid groups is 3. The van der Waals surface area contributed by atoms with E-state index < -0.39 is 64.0 Å². The van der Waals surface area contributed by atoms with Crippen LogP contribution in [0.1, 0.15) is 10.8 Å². The maximum atomic E-state index is 12.7. The zero-order valence-corrected chi connectivity index (χ0v) is 20.2. The summed E-state index contributed by atoms with van der Waals surface area (Å²) in [6.45, 7) is -0.628. The lowest BCUT2D eigenvalue weighted by molar-refractivity contribution is 0.0188. The van der Waals surface area contributed by atoms with Crippen molar-refractivity contribution in [3.63, 3.8) is 0 Å². The number of hydrogen-bond acceptors (Lipinski definition) is 14. The SMILES string of the molecule is COP(=O)(O)OP(=O)(OC)OP(=O)(OC)OC[C@H]1S[C@@H](c2c[nH]c(=O)[nH]c2=O)[C@H](O)[C@@H]1O. The molecule has 1 fully saturated rings. The summed E-state index contributed by atoms with van der Waals surface area (Å²) < 4.78 is 63.4. The van der Waals surface area contributed by atoms with Crippen molar-refractivity contribution in [2.45, 2.75) is 22.7 Å². The van der Waals surface area contributed by atoms with Gasteiger partial charge in [0.05, 0.1) is 29.3 Å². The third-order valence-electron chi connectivity index (χ3n) is 3.99. The van der Waals surface area contributed by atoms with Crippen LogP contribution in [0.4, 0.5) is 0 Å².